The Hall–Kier alpha value is -1.81. The number of anilines is 1. The Morgan fingerprint density at radius 3 is 2.59 bits per heavy atom. The molecule has 0 saturated heterocycles. The molecule has 0 aliphatic carbocycles. The lowest BCUT2D eigenvalue weighted by atomic mass is 10.2. The van der Waals surface area contributed by atoms with Gasteiger partial charge in [-0.25, -0.2) is 8.42 Å². The van der Waals surface area contributed by atoms with E-state index in [9.17, 15) is 25.9 Å². The van der Waals surface area contributed by atoms with Gasteiger partial charge in [-0.2, -0.15) is 13.0 Å². The van der Waals surface area contributed by atoms with E-state index in [1.54, 1.807) is 42.0 Å². The summed E-state index contributed by atoms with van der Waals surface area (Å²) in [5, 5.41) is 1.74. The van der Waals surface area contributed by atoms with Gasteiger partial charge in [-0.3, -0.25) is 4.55 Å². The van der Waals surface area contributed by atoms with Crippen LogP contribution < -0.4 is 14.2 Å². The molecule has 0 radical (unpaired) electrons. The highest BCUT2D eigenvalue weighted by molar-refractivity contribution is 8.04. The van der Waals surface area contributed by atoms with Gasteiger partial charge in [0.05, 0.1) is 44.7 Å². The average molecular weight is 603 g/mol. The fourth-order valence-electron chi connectivity index (χ4n) is 4.07. The summed E-state index contributed by atoms with van der Waals surface area (Å²) in [5.74, 6) is -0.0976. The van der Waals surface area contributed by atoms with Gasteiger partial charge in [-0.15, -0.1) is 11.8 Å². The first-order valence-corrected chi connectivity index (χ1v) is 17.3. The second-order valence-electron chi connectivity index (χ2n) is 8.23. The van der Waals surface area contributed by atoms with Gasteiger partial charge in [0, 0.05) is 35.7 Å². The topological polar surface area (TPSA) is 128 Å². The standard InChI is InChI=1S/C23H26N2O7S5/c1-32-18-13-17-20(14-21(18)33-2)35-23(25(17)10-6-12-37(29,30)31)15-22-24(9-5-11-36(26,27)28)16-7-3-4-8-19(16)34-22/h3-4,7-8,13-15H,5-6,9-12H2,1-2H3,(H-,26,27,28,29,30,31). The van der Waals surface area contributed by atoms with Crippen LogP contribution in [0.5, 0.6) is 5.75 Å². The maximum Gasteiger partial charge on any atom is 0.265 e. The molecule has 0 unspecified atom stereocenters. The molecule has 3 aromatic rings. The summed E-state index contributed by atoms with van der Waals surface area (Å²) in [5.41, 5.74) is 1.82. The summed E-state index contributed by atoms with van der Waals surface area (Å²) < 4.78 is 74.1. The highest BCUT2D eigenvalue weighted by atomic mass is 32.2. The van der Waals surface area contributed by atoms with Crippen LogP contribution in [0.2, 0.25) is 0 Å². The molecule has 0 bridgehead atoms. The zero-order chi connectivity index (χ0) is 26.8. The molecule has 0 fully saturated rings. The van der Waals surface area contributed by atoms with Gasteiger partial charge in [0.25, 0.3) is 15.1 Å². The van der Waals surface area contributed by atoms with Crippen molar-refractivity contribution in [1.29, 1.82) is 0 Å². The molecular formula is C23H26N2O7S5. The van der Waals surface area contributed by atoms with E-state index in [4.69, 9.17) is 4.74 Å². The van der Waals surface area contributed by atoms with Crippen molar-refractivity contribution in [3.05, 3.63) is 46.4 Å². The quantitative estimate of drug-likeness (QED) is 0.195. The normalized spacial score (nSPS) is 15.0. The molecule has 1 aromatic heterocycles. The first kappa shape index (κ1) is 28.2. The molecule has 0 saturated carbocycles. The van der Waals surface area contributed by atoms with Gasteiger partial charge in [0.2, 0.25) is 5.52 Å². The Labute approximate surface area is 229 Å². The predicted molar refractivity (Wildman–Crippen MR) is 148 cm³/mol. The first-order valence-electron chi connectivity index (χ1n) is 11.2. The minimum Gasteiger partial charge on any atom is -0.748 e. The summed E-state index contributed by atoms with van der Waals surface area (Å²) in [7, 11) is -6.82. The lowest BCUT2D eigenvalue weighted by Gasteiger charge is -2.21. The second-order valence-corrected chi connectivity index (χ2v) is 14.3. The van der Waals surface area contributed by atoms with E-state index in [1.165, 1.54) is 0 Å². The van der Waals surface area contributed by atoms with Gasteiger partial charge in [0.15, 0.2) is 6.54 Å². The monoisotopic (exact) mass is 602 g/mol. The van der Waals surface area contributed by atoms with Gasteiger partial charge < -0.3 is 14.2 Å². The molecule has 14 heteroatoms. The van der Waals surface area contributed by atoms with Crippen molar-refractivity contribution < 1.29 is 35.2 Å². The first-order chi connectivity index (χ1) is 17.5. The highest BCUT2D eigenvalue weighted by Gasteiger charge is 2.29. The molecule has 1 N–H and O–H groups in total. The molecular weight excluding hydrogens is 577 g/mol. The maximum atomic E-state index is 11.3. The number of methoxy groups -OCH3 is 1. The number of aryl methyl sites for hydroxylation is 1. The molecule has 0 amide bonds. The zero-order valence-electron chi connectivity index (χ0n) is 20.1. The molecule has 200 valence electrons. The number of thioether (sulfide) groups is 2. The van der Waals surface area contributed by atoms with E-state index < -0.39 is 26.0 Å². The summed E-state index contributed by atoms with van der Waals surface area (Å²) in [4.78, 5) is 3.95. The number of hydrogen-bond donors (Lipinski definition) is 1. The van der Waals surface area contributed by atoms with Crippen molar-refractivity contribution in [3.8, 4) is 5.75 Å². The van der Waals surface area contributed by atoms with E-state index in [2.05, 4.69) is 0 Å². The van der Waals surface area contributed by atoms with Gasteiger partial charge >= 0.3 is 0 Å². The third-order valence-electron chi connectivity index (χ3n) is 5.68. The summed E-state index contributed by atoms with van der Waals surface area (Å²) >= 11 is 4.65. The molecule has 4 rings (SSSR count). The van der Waals surface area contributed by atoms with E-state index in [-0.39, 0.29) is 18.6 Å². The zero-order valence-corrected chi connectivity index (χ0v) is 24.2. The van der Waals surface area contributed by atoms with Crippen LogP contribution in [-0.4, -0.2) is 57.4 Å². The van der Waals surface area contributed by atoms with Crippen LogP contribution in [0, 0.1) is 0 Å². The van der Waals surface area contributed by atoms with E-state index in [1.807, 2.05) is 58.2 Å². The summed E-state index contributed by atoms with van der Waals surface area (Å²) in [6.45, 7) is 0.710. The van der Waals surface area contributed by atoms with Crippen LogP contribution in [0.1, 0.15) is 17.8 Å². The second kappa shape index (κ2) is 11.5. The van der Waals surface area contributed by atoms with E-state index in [0.29, 0.717) is 18.8 Å². The van der Waals surface area contributed by atoms with Gasteiger partial charge in [0.1, 0.15) is 10.4 Å². The maximum absolute atomic E-state index is 11.3. The van der Waals surface area contributed by atoms with Crippen LogP contribution in [0.25, 0.3) is 16.3 Å². The van der Waals surface area contributed by atoms with Crippen LogP contribution in [0.3, 0.4) is 0 Å². The molecule has 37 heavy (non-hydrogen) atoms. The summed E-state index contributed by atoms with van der Waals surface area (Å²) in [6, 6.07) is 11.8. The molecule has 1 aliphatic rings. The number of ether oxygens (including phenoxy) is 1. The highest BCUT2D eigenvalue weighted by Crippen LogP contribution is 2.50. The number of nitrogens with zero attached hydrogens (tertiary/aromatic N) is 2. The Kier molecular flexibility index (Phi) is 8.78. The minimum absolute atomic E-state index is 0.163. The fourth-order valence-corrected chi connectivity index (χ4v) is 8.04. The summed E-state index contributed by atoms with van der Waals surface area (Å²) in [6.07, 6.45) is 4.37. The third-order valence-corrected chi connectivity index (χ3v) is 10.2. The Morgan fingerprint density at radius 1 is 1.16 bits per heavy atom. The third kappa shape index (κ3) is 6.99. The smallest absolute Gasteiger partial charge is 0.265 e. The fraction of sp³-hybridized carbons (Fsp3) is 0.348. The van der Waals surface area contributed by atoms with Crippen molar-refractivity contribution in [3.63, 3.8) is 0 Å². The number of benzene rings is 2. The lowest BCUT2D eigenvalue weighted by Crippen LogP contribution is -2.36. The largest absolute Gasteiger partial charge is 0.748 e. The molecule has 9 nitrogen and oxygen atoms in total. The van der Waals surface area contributed by atoms with Gasteiger partial charge in [-0.05, 0) is 24.8 Å². The molecule has 0 spiro atoms. The number of para-hydroxylation sites is 1. The number of hydrogen-bond acceptors (Lipinski definition) is 10. The lowest BCUT2D eigenvalue weighted by molar-refractivity contribution is -0.668. The SMILES string of the molecule is COc1cc2c(cc1SC)S/C(=C\c1sc3ccccc3[n+]1CCCS(=O)(=O)O)N2CCCS(=O)(=O)[O-]. The van der Waals surface area contributed by atoms with Crippen LogP contribution >= 0.6 is 34.9 Å². The van der Waals surface area contributed by atoms with Crippen molar-refractivity contribution in [2.75, 3.05) is 36.3 Å². The number of rotatable bonds is 11. The molecule has 0 atom stereocenters. The molecule has 2 heterocycles. The Bertz CT molecular complexity index is 1550. The number of thiazole rings is 1. The average Bonchev–Trinajstić information content (AvgIpc) is 3.34. The Balaban J connectivity index is 1.75. The van der Waals surface area contributed by atoms with Crippen LogP contribution in [0.4, 0.5) is 5.69 Å². The number of aromatic nitrogens is 1. The Morgan fingerprint density at radius 2 is 1.92 bits per heavy atom. The minimum atomic E-state index is -4.34. The van der Waals surface area contributed by atoms with E-state index in [0.717, 1.165) is 35.7 Å². The van der Waals surface area contributed by atoms with Crippen molar-refractivity contribution >= 4 is 77.1 Å². The number of fused-ring (bicyclic) bond motifs is 2. The molecule has 2 aromatic carbocycles. The van der Waals surface area contributed by atoms with Gasteiger partial charge in [-0.1, -0.05) is 35.2 Å². The van der Waals surface area contributed by atoms with Crippen molar-refractivity contribution in [2.45, 2.75) is 29.2 Å². The van der Waals surface area contributed by atoms with E-state index >= 15 is 0 Å². The predicted octanol–water partition coefficient (Wildman–Crippen LogP) is 4.04. The van der Waals surface area contributed by atoms with Crippen molar-refractivity contribution in [1.82, 2.24) is 0 Å². The van der Waals surface area contributed by atoms with Crippen molar-refractivity contribution in [2.24, 2.45) is 0 Å². The van der Waals surface area contributed by atoms with Crippen LogP contribution in [-0.2, 0) is 26.8 Å². The van der Waals surface area contributed by atoms with Crippen LogP contribution in [0.15, 0.2) is 51.2 Å². The molecule has 1 aliphatic heterocycles.